The summed E-state index contributed by atoms with van der Waals surface area (Å²) in [6, 6.07) is 7.63. The summed E-state index contributed by atoms with van der Waals surface area (Å²) in [6.07, 6.45) is 9.30. The van der Waals surface area contributed by atoms with Gasteiger partial charge in [-0.1, -0.05) is 18.2 Å². The topological polar surface area (TPSA) is 41.6 Å². The van der Waals surface area contributed by atoms with Crippen molar-refractivity contribution in [1.82, 2.24) is 0 Å². The number of anilines is 2. The lowest BCUT2D eigenvalue weighted by Crippen LogP contribution is -2.08. The fourth-order valence-electron chi connectivity index (χ4n) is 1.23. The van der Waals surface area contributed by atoms with Crippen LogP contribution in [0.25, 0.3) is 0 Å². The average Bonchev–Trinajstić information content (AvgIpc) is 2.47. The van der Waals surface area contributed by atoms with Crippen LogP contribution in [0.15, 0.2) is 53.8 Å². The highest BCUT2D eigenvalue weighted by Crippen LogP contribution is 2.23. The number of benzene rings is 1. The molecule has 70 valence electrons. The minimum absolute atomic E-state index is 0.719. The van der Waals surface area contributed by atoms with E-state index < -0.39 is 0 Å². The number of hydrazone groups is 1. The molecule has 2 rings (SSSR count). The van der Waals surface area contributed by atoms with E-state index in [-0.39, 0.29) is 0 Å². The van der Waals surface area contributed by atoms with Gasteiger partial charge in [0.05, 0.1) is 11.4 Å². The van der Waals surface area contributed by atoms with Crippen LogP contribution >= 0.6 is 0 Å². The molecule has 0 radical (unpaired) electrons. The molecule has 0 fully saturated rings. The van der Waals surface area contributed by atoms with Gasteiger partial charge in [0.1, 0.15) is 0 Å². The first-order chi connectivity index (χ1) is 6.88. The molecule has 0 saturated carbocycles. The smallest absolute Gasteiger partial charge is 0.0874 e. The normalized spacial score (nSPS) is 14.4. The summed E-state index contributed by atoms with van der Waals surface area (Å²) in [6.45, 7) is 0. The fourth-order valence-corrected chi connectivity index (χ4v) is 1.23. The highest BCUT2D eigenvalue weighted by atomic mass is 15.4. The largest absolute Gasteiger partial charge is 0.397 e. The molecule has 0 atom stereocenters. The third kappa shape index (κ3) is 1.66. The Morgan fingerprint density at radius 3 is 2.79 bits per heavy atom. The Balaban J connectivity index is 2.36. The SMILES string of the molecule is Nc1ccccc1N1C=CC=CC=N1. The Labute approximate surface area is 82.8 Å². The van der Waals surface area contributed by atoms with Crippen molar-refractivity contribution in [1.29, 1.82) is 0 Å². The van der Waals surface area contributed by atoms with E-state index in [2.05, 4.69) is 5.10 Å². The van der Waals surface area contributed by atoms with E-state index in [1.807, 2.05) is 48.7 Å². The van der Waals surface area contributed by atoms with E-state index in [0.29, 0.717) is 0 Å². The highest BCUT2D eigenvalue weighted by molar-refractivity contribution is 5.76. The van der Waals surface area contributed by atoms with Crippen LogP contribution in [0.1, 0.15) is 0 Å². The van der Waals surface area contributed by atoms with E-state index in [1.165, 1.54) is 0 Å². The van der Waals surface area contributed by atoms with Crippen LogP contribution in [-0.4, -0.2) is 6.21 Å². The molecule has 0 amide bonds. The number of para-hydroxylation sites is 2. The van der Waals surface area contributed by atoms with Gasteiger partial charge in [0.2, 0.25) is 0 Å². The second-order valence-corrected chi connectivity index (χ2v) is 2.89. The Morgan fingerprint density at radius 2 is 1.93 bits per heavy atom. The zero-order chi connectivity index (χ0) is 9.80. The molecule has 0 saturated heterocycles. The highest BCUT2D eigenvalue weighted by Gasteiger charge is 2.03. The maximum Gasteiger partial charge on any atom is 0.0874 e. The maximum atomic E-state index is 5.83. The third-order valence-corrected chi connectivity index (χ3v) is 1.91. The van der Waals surface area contributed by atoms with E-state index in [9.17, 15) is 0 Å². The summed E-state index contributed by atoms with van der Waals surface area (Å²) < 4.78 is 0. The molecule has 1 heterocycles. The monoisotopic (exact) mass is 185 g/mol. The van der Waals surface area contributed by atoms with Gasteiger partial charge in [-0.05, 0) is 24.3 Å². The van der Waals surface area contributed by atoms with E-state index in [0.717, 1.165) is 11.4 Å². The van der Waals surface area contributed by atoms with Crippen molar-refractivity contribution in [3.05, 3.63) is 48.7 Å². The molecule has 3 nitrogen and oxygen atoms in total. The Bertz CT molecular complexity index is 389. The lowest BCUT2D eigenvalue weighted by atomic mass is 10.2. The summed E-state index contributed by atoms with van der Waals surface area (Å²) in [4.78, 5) is 0. The van der Waals surface area contributed by atoms with Crippen molar-refractivity contribution in [3.8, 4) is 0 Å². The standard InChI is InChI=1S/C11H11N3/c12-10-6-2-3-7-11(10)14-9-5-1-4-8-13-14/h1-9H,12H2. The van der Waals surface area contributed by atoms with Crippen molar-refractivity contribution >= 4 is 17.6 Å². The van der Waals surface area contributed by atoms with Gasteiger partial charge >= 0.3 is 0 Å². The van der Waals surface area contributed by atoms with Crippen LogP contribution in [0.5, 0.6) is 0 Å². The Morgan fingerprint density at radius 1 is 1.07 bits per heavy atom. The van der Waals surface area contributed by atoms with Crippen LogP contribution in [0.2, 0.25) is 0 Å². The van der Waals surface area contributed by atoms with Gasteiger partial charge in [0.15, 0.2) is 0 Å². The van der Waals surface area contributed by atoms with Crippen LogP contribution in [0.4, 0.5) is 11.4 Å². The first-order valence-corrected chi connectivity index (χ1v) is 4.39. The molecule has 2 N–H and O–H groups in total. The molecule has 3 heteroatoms. The van der Waals surface area contributed by atoms with Crippen molar-refractivity contribution in [3.63, 3.8) is 0 Å². The summed E-state index contributed by atoms with van der Waals surface area (Å²) in [5, 5.41) is 5.95. The molecule has 0 unspecified atom stereocenters. The summed E-state index contributed by atoms with van der Waals surface area (Å²) in [5.74, 6) is 0. The summed E-state index contributed by atoms with van der Waals surface area (Å²) in [7, 11) is 0. The van der Waals surface area contributed by atoms with Gasteiger partial charge in [-0.25, -0.2) is 5.01 Å². The lowest BCUT2D eigenvalue weighted by Gasteiger charge is -2.15. The molecule has 0 spiro atoms. The van der Waals surface area contributed by atoms with E-state index in [4.69, 9.17) is 5.73 Å². The zero-order valence-electron chi connectivity index (χ0n) is 7.67. The Kier molecular flexibility index (Phi) is 2.32. The molecular formula is C11H11N3. The second-order valence-electron chi connectivity index (χ2n) is 2.89. The predicted octanol–water partition coefficient (Wildman–Crippen LogP) is 2.14. The Hall–Kier alpha value is -2.03. The molecule has 14 heavy (non-hydrogen) atoms. The van der Waals surface area contributed by atoms with Crippen LogP contribution < -0.4 is 10.7 Å². The zero-order valence-corrected chi connectivity index (χ0v) is 7.67. The quantitative estimate of drug-likeness (QED) is 0.681. The van der Waals surface area contributed by atoms with Gasteiger partial charge in [0, 0.05) is 12.4 Å². The number of hydrogen-bond donors (Lipinski definition) is 1. The predicted molar refractivity (Wildman–Crippen MR) is 60.1 cm³/mol. The number of nitrogens with zero attached hydrogens (tertiary/aromatic N) is 2. The van der Waals surface area contributed by atoms with Crippen molar-refractivity contribution in [2.45, 2.75) is 0 Å². The number of hydrogen-bond acceptors (Lipinski definition) is 3. The molecular weight excluding hydrogens is 174 g/mol. The lowest BCUT2D eigenvalue weighted by molar-refractivity contribution is 1.09. The van der Waals surface area contributed by atoms with Crippen molar-refractivity contribution in [2.24, 2.45) is 5.10 Å². The van der Waals surface area contributed by atoms with Gasteiger partial charge < -0.3 is 5.73 Å². The number of nitrogen functional groups attached to an aromatic ring is 1. The summed E-state index contributed by atoms with van der Waals surface area (Å²) in [5.41, 5.74) is 7.44. The van der Waals surface area contributed by atoms with Gasteiger partial charge in [-0.15, -0.1) is 0 Å². The molecule has 0 aromatic heterocycles. The average molecular weight is 185 g/mol. The van der Waals surface area contributed by atoms with Crippen LogP contribution in [0.3, 0.4) is 0 Å². The van der Waals surface area contributed by atoms with Crippen LogP contribution in [0, 0.1) is 0 Å². The van der Waals surface area contributed by atoms with Crippen molar-refractivity contribution in [2.75, 3.05) is 10.7 Å². The molecule has 0 aliphatic carbocycles. The fraction of sp³-hybridized carbons (Fsp3) is 0. The number of rotatable bonds is 1. The first-order valence-electron chi connectivity index (χ1n) is 4.39. The molecule has 1 aromatic carbocycles. The van der Waals surface area contributed by atoms with Crippen molar-refractivity contribution < 1.29 is 0 Å². The minimum Gasteiger partial charge on any atom is -0.397 e. The van der Waals surface area contributed by atoms with Gasteiger partial charge in [-0.3, -0.25) is 0 Å². The molecule has 0 bridgehead atoms. The molecule has 1 aliphatic heterocycles. The van der Waals surface area contributed by atoms with Crippen LogP contribution in [-0.2, 0) is 0 Å². The summed E-state index contributed by atoms with van der Waals surface area (Å²) >= 11 is 0. The first kappa shape index (κ1) is 8.56. The van der Waals surface area contributed by atoms with E-state index >= 15 is 0 Å². The third-order valence-electron chi connectivity index (χ3n) is 1.91. The van der Waals surface area contributed by atoms with Gasteiger partial charge in [-0.2, -0.15) is 5.10 Å². The number of nitrogens with two attached hydrogens (primary N) is 1. The minimum atomic E-state index is 0.719. The number of allylic oxidation sites excluding steroid dienone is 3. The molecule has 1 aliphatic rings. The van der Waals surface area contributed by atoms with E-state index in [1.54, 1.807) is 11.2 Å². The van der Waals surface area contributed by atoms with Gasteiger partial charge in [0.25, 0.3) is 0 Å². The maximum absolute atomic E-state index is 5.83. The second kappa shape index (κ2) is 3.79. The molecule has 1 aromatic rings.